The van der Waals surface area contributed by atoms with Gasteiger partial charge >= 0.3 is 5.97 Å². The van der Waals surface area contributed by atoms with Crippen molar-refractivity contribution in [3.8, 4) is 0 Å². The Hall–Kier alpha value is -2.22. The number of carboxylic acids is 1. The lowest BCUT2D eigenvalue weighted by molar-refractivity contribution is -0.385. The maximum Gasteiger partial charge on any atom is 0.328 e. The molecule has 0 aromatic heterocycles. The number of rotatable bonds is 6. The first kappa shape index (κ1) is 13.8. The highest BCUT2D eigenvalue weighted by molar-refractivity contribution is 5.77. The highest BCUT2D eigenvalue weighted by Gasteiger charge is 2.19. The number of benzene rings is 1. The predicted octanol–water partition coefficient (Wildman–Crippen LogP) is 1.25. The normalized spacial score (nSPS) is 11.9. The fourth-order valence-corrected chi connectivity index (χ4v) is 1.26. The van der Waals surface area contributed by atoms with Crippen LogP contribution in [-0.2, 0) is 9.53 Å². The molecule has 18 heavy (non-hydrogen) atoms. The van der Waals surface area contributed by atoms with Crippen LogP contribution in [0.25, 0.3) is 0 Å². The number of ether oxygens (including phenoxy) is 1. The molecule has 0 heterocycles. The summed E-state index contributed by atoms with van der Waals surface area (Å²) in [5.74, 6) is -2.11. The monoisotopic (exact) mass is 258 g/mol. The number of anilines is 1. The summed E-state index contributed by atoms with van der Waals surface area (Å²) in [6.07, 6.45) is 0. The van der Waals surface area contributed by atoms with Crippen LogP contribution in [0.3, 0.4) is 0 Å². The number of carbonyl (C=O) groups is 1. The maximum absolute atomic E-state index is 13.5. The first-order chi connectivity index (χ1) is 8.45. The number of non-ortho nitro benzene ring substituents is 1. The van der Waals surface area contributed by atoms with E-state index < -0.39 is 28.4 Å². The van der Waals surface area contributed by atoms with E-state index in [1.54, 1.807) is 0 Å². The lowest BCUT2D eigenvalue weighted by Crippen LogP contribution is -2.33. The molecule has 0 amide bonds. The summed E-state index contributed by atoms with van der Waals surface area (Å²) in [5.41, 5.74) is -0.540. The van der Waals surface area contributed by atoms with Gasteiger partial charge in [-0.2, -0.15) is 0 Å². The quantitative estimate of drug-likeness (QED) is 0.588. The third-order valence-corrected chi connectivity index (χ3v) is 2.12. The van der Waals surface area contributed by atoms with Gasteiger partial charge in [-0.25, -0.2) is 9.18 Å². The Bertz CT molecular complexity index is 466. The standard InChI is InChI=1S/C10H11FN2O5/c1-18-5-9(10(14)15)12-8-3-2-6(13(16)17)4-7(8)11/h2-4,9,12H,5H2,1H3,(H,14,15). The van der Waals surface area contributed by atoms with Crippen LogP contribution in [0.4, 0.5) is 15.8 Å². The Morgan fingerprint density at radius 1 is 1.67 bits per heavy atom. The number of hydrogen-bond acceptors (Lipinski definition) is 5. The molecular formula is C10H11FN2O5. The number of nitrogens with one attached hydrogen (secondary N) is 1. The molecule has 98 valence electrons. The first-order valence-electron chi connectivity index (χ1n) is 4.88. The van der Waals surface area contributed by atoms with Crippen molar-refractivity contribution in [2.45, 2.75) is 6.04 Å². The Balaban J connectivity index is 2.90. The minimum atomic E-state index is -1.21. The van der Waals surface area contributed by atoms with Crippen LogP contribution in [0, 0.1) is 15.9 Å². The summed E-state index contributed by atoms with van der Waals surface area (Å²) in [4.78, 5) is 20.5. The Kier molecular flexibility index (Phi) is 4.55. The lowest BCUT2D eigenvalue weighted by atomic mass is 10.2. The van der Waals surface area contributed by atoms with Gasteiger partial charge in [0.2, 0.25) is 0 Å². The van der Waals surface area contributed by atoms with Crippen LogP contribution < -0.4 is 5.32 Å². The molecule has 1 unspecified atom stereocenters. The van der Waals surface area contributed by atoms with Gasteiger partial charge in [0.05, 0.1) is 23.3 Å². The molecule has 1 rings (SSSR count). The molecule has 2 N–H and O–H groups in total. The van der Waals surface area contributed by atoms with E-state index in [9.17, 15) is 19.3 Å². The molecule has 0 radical (unpaired) electrons. The molecule has 0 aliphatic carbocycles. The molecule has 0 saturated heterocycles. The summed E-state index contributed by atoms with van der Waals surface area (Å²) in [6.45, 7) is -0.161. The Morgan fingerprint density at radius 2 is 2.33 bits per heavy atom. The average Bonchev–Trinajstić information content (AvgIpc) is 2.30. The second-order valence-corrected chi connectivity index (χ2v) is 3.41. The van der Waals surface area contributed by atoms with Gasteiger partial charge in [0.1, 0.15) is 6.04 Å². The smallest absolute Gasteiger partial charge is 0.328 e. The van der Waals surface area contributed by atoms with Crippen LogP contribution in [0.5, 0.6) is 0 Å². The third-order valence-electron chi connectivity index (χ3n) is 2.12. The minimum Gasteiger partial charge on any atom is -0.480 e. The number of aliphatic carboxylic acids is 1. The molecule has 0 aliphatic rings. The zero-order chi connectivity index (χ0) is 13.7. The van der Waals surface area contributed by atoms with Crippen LogP contribution in [-0.4, -0.2) is 35.8 Å². The van der Waals surface area contributed by atoms with Gasteiger partial charge in [0.25, 0.3) is 5.69 Å². The minimum absolute atomic E-state index is 0.134. The molecule has 0 bridgehead atoms. The van der Waals surface area contributed by atoms with Crippen LogP contribution in [0.15, 0.2) is 18.2 Å². The van der Waals surface area contributed by atoms with E-state index in [4.69, 9.17) is 5.11 Å². The molecule has 1 atom stereocenters. The summed E-state index contributed by atoms with van der Waals surface area (Å²) in [7, 11) is 1.31. The van der Waals surface area contributed by atoms with Crippen molar-refractivity contribution < 1.29 is 24.0 Å². The Labute approximate surface area is 101 Å². The number of nitrogens with zero attached hydrogens (tertiary/aromatic N) is 1. The van der Waals surface area contributed by atoms with Crippen LogP contribution >= 0.6 is 0 Å². The molecule has 1 aromatic rings. The number of nitro groups is 1. The maximum atomic E-state index is 13.5. The molecule has 1 aromatic carbocycles. The fourth-order valence-electron chi connectivity index (χ4n) is 1.26. The highest BCUT2D eigenvalue weighted by atomic mass is 19.1. The molecule has 7 nitrogen and oxygen atoms in total. The van der Waals surface area contributed by atoms with Gasteiger partial charge in [-0.05, 0) is 6.07 Å². The van der Waals surface area contributed by atoms with Crippen molar-refractivity contribution in [2.24, 2.45) is 0 Å². The van der Waals surface area contributed by atoms with Gasteiger partial charge in [-0.15, -0.1) is 0 Å². The summed E-state index contributed by atoms with van der Waals surface area (Å²) >= 11 is 0. The molecule has 0 fully saturated rings. The van der Waals surface area contributed by atoms with Gasteiger partial charge in [-0.3, -0.25) is 10.1 Å². The first-order valence-corrected chi connectivity index (χ1v) is 4.88. The number of methoxy groups -OCH3 is 1. The van der Waals surface area contributed by atoms with E-state index in [0.29, 0.717) is 6.07 Å². The van der Waals surface area contributed by atoms with Crippen LogP contribution in [0.1, 0.15) is 0 Å². The molecule has 0 saturated carbocycles. The van der Waals surface area contributed by atoms with Crippen molar-refractivity contribution in [3.63, 3.8) is 0 Å². The van der Waals surface area contributed by atoms with Crippen molar-refractivity contribution >= 4 is 17.3 Å². The van der Waals surface area contributed by atoms with Gasteiger partial charge in [0, 0.05) is 13.2 Å². The van der Waals surface area contributed by atoms with E-state index in [1.165, 1.54) is 7.11 Å². The van der Waals surface area contributed by atoms with E-state index in [-0.39, 0.29) is 12.3 Å². The second kappa shape index (κ2) is 5.92. The van der Waals surface area contributed by atoms with Gasteiger partial charge in [-0.1, -0.05) is 0 Å². The van der Waals surface area contributed by atoms with Crippen LogP contribution in [0.2, 0.25) is 0 Å². The largest absolute Gasteiger partial charge is 0.480 e. The Morgan fingerprint density at radius 3 is 2.78 bits per heavy atom. The molecule has 0 aliphatic heterocycles. The van der Waals surface area contributed by atoms with Crippen molar-refractivity contribution in [2.75, 3.05) is 19.0 Å². The highest BCUT2D eigenvalue weighted by Crippen LogP contribution is 2.21. The van der Waals surface area contributed by atoms with Crippen molar-refractivity contribution in [1.29, 1.82) is 0 Å². The number of nitro benzene ring substituents is 1. The SMILES string of the molecule is COCC(Nc1ccc([N+](=O)[O-])cc1F)C(=O)O. The van der Waals surface area contributed by atoms with Crippen molar-refractivity contribution in [3.05, 3.63) is 34.1 Å². The lowest BCUT2D eigenvalue weighted by Gasteiger charge is -2.15. The summed E-state index contributed by atoms with van der Waals surface area (Å²) in [5, 5.41) is 21.6. The molecule has 8 heteroatoms. The zero-order valence-corrected chi connectivity index (χ0v) is 9.42. The average molecular weight is 258 g/mol. The topological polar surface area (TPSA) is 102 Å². The number of hydrogen-bond donors (Lipinski definition) is 2. The molecule has 0 spiro atoms. The van der Waals surface area contributed by atoms with Crippen molar-refractivity contribution in [1.82, 2.24) is 0 Å². The van der Waals surface area contributed by atoms with E-state index >= 15 is 0 Å². The fraction of sp³-hybridized carbons (Fsp3) is 0.300. The number of halogens is 1. The van der Waals surface area contributed by atoms with E-state index in [1.807, 2.05) is 0 Å². The molecular weight excluding hydrogens is 247 g/mol. The van der Waals surface area contributed by atoms with E-state index in [2.05, 4.69) is 10.1 Å². The van der Waals surface area contributed by atoms with Gasteiger partial charge < -0.3 is 15.2 Å². The summed E-state index contributed by atoms with van der Waals surface area (Å²) < 4.78 is 18.1. The van der Waals surface area contributed by atoms with Gasteiger partial charge in [0.15, 0.2) is 5.82 Å². The zero-order valence-electron chi connectivity index (χ0n) is 9.42. The second-order valence-electron chi connectivity index (χ2n) is 3.41. The third kappa shape index (κ3) is 3.39. The van der Waals surface area contributed by atoms with E-state index in [0.717, 1.165) is 12.1 Å². The predicted molar refractivity (Wildman–Crippen MR) is 60.0 cm³/mol. The summed E-state index contributed by atoms with van der Waals surface area (Å²) in [6, 6.07) is 1.77. The number of carboxylic acid groups (broad SMARTS) is 1.